The van der Waals surface area contributed by atoms with E-state index >= 15 is 0 Å². The number of hydrogen-bond donors (Lipinski definition) is 2. The average molecular weight is 591 g/mol. The monoisotopic (exact) mass is 590 g/mol. The summed E-state index contributed by atoms with van der Waals surface area (Å²) in [4.78, 5) is 28.4. The number of halogens is 1. The highest BCUT2D eigenvalue weighted by atomic mass is 32.1. The molecule has 1 amide bonds. The van der Waals surface area contributed by atoms with Gasteiger partial charge in [-0.15, -0.1) is 0 Å². The number of anilines is 3. The molecule has 42 heavy (non-hydrogen) atoms. The molecule has 0 radical (unpaired) electrons. The molecule has 10 nitrogen and oxygen atoms in total. The molecule has 2 N–H and O–H groups in total. The Morgan fingerprint density at radius 3 is 2.57 bits per heavy atom. The number of hydrogen-bond acceptors (Lipinski definition) is 10. The Bertz CT molecular complexity index is 1570. The van der Waals surface area contributed by atoms with Gasteiger partial charge in [-0.25, -0.2) is 19.3 Å². The fraction of sp³-hybridized carbons (Fsp3) is 0.333. The lowest BCUT2D eigenvalue weighted by molar-refractivity contribution is -0.128. The van der Waals surface area contributed by atoms with Crippen molar-refractivity contribution in [3.8, 4) is 39.1 Å². The van der Waals surface area contributed by atoms with E-state index < -0.39 is 5.82 Å². The number of thiazole rings is 1. The van der Waals surface area contributed by atoms with Crippen LogP contribution >= 0.6 is 11.3 Å². The number of aromatic nitrogens is 3. The molecule has 0 spiro atoms. The first-order valence-electron chi connectivity index (χ1n) is 13.8. The molecule has 2 aromatic heterocycles. The van der Waals surface area contributed by atoms with Crippen molar-refractivity contribution in [3.05, 3.63) is 54.5 Å². The van der Waals surface area contributed by atoms with Gasteiger partial charge in [0.15, 0.2) is 16.7 Å². The molecule has 6 rings (SSSR count). The smallest absolute Gasteiger partial charge is 0.227 e. The Hall–Kier alpha value is -4.45. The molecule has 2 aromatic carbocycles. The van der Waals surface area contributed by atoms with Crippen LogP contribution in [0.25, 0.3) is 21.8 Å². The van der Waals surface area contributed by atoms with Crippen LogP contribution in [-0.2, 0) is 4.79 Å². The zero-order valence-electron chi connectivity index (χ0n) is 23.4. The first-order chi connectivity index (χ1) is 20.5. The van der Waals surface area contributed by atoms with Gasteiger partial charge in [-0.3, -0.25) is 4.79 Å². The van der Waals surface area contributed by atoms with E-state index in [1.807, 2.05) is 24.3 Å². The fourth-order valence-electron chi connectivity index (χ4n) is 4.67. The van der Waals surface area contributed by atoms with Gasteiger partial charge in [0.05, 0.1) is 37.0 Å². The number of likely N-dealkylation sites (tertiary alicyclic amines) is 1. The summed E-state index contributed by atoms with van der Waals surface area (Å²) in [5.74, 6) is 1.35. The molecule has 218 valence electrons. The number of ether oxygens (including phenoxy) is 3. The topological polar surface area (TPSA) is 111 Å². The van der Waals surface area contributed by atoms with Gasteiger partial charge in [0, 0.05) is 48.6 Å². The summed E-state index contributed by atoms with van der Waals surface area (Å²) in [6.45, 7) is 1.40. The highest BCUT2D eigenvalue weighted by Gasteiger charge is 2.25. The quantitative estimate of drug-likeness (QED) is 0.213. The molecule has 1 aliphatic carbocycles. The molecule has 0 atom stereocenters. The molecule has 3 heterocycles. The predicted molar refractivity (Wildman–Crippen MR) is 159 cm³/mol. The number of nitrogens with one attached hydrogen (secondary N) is 2. The van der Waals surface area contributed by atoms with Gasteiger partial charge in [0.1, 0.15) is 18.1 Å². The molecule has 1 saturated heterocycles. The van der Waals surface area contributed by atoms with Crippen molar-refractivity contribution in [2.75, 3.05) is 44.5 Å². The summed E-state index contributed by atoms with van der Waals surface area (Å²) in [6, 6.07) is 12.5. The zero-order chi connectivity index (χ0) is 29.1. The number of rotatable bonds is 12. The average Bonchev–Trinajstić information content (AvgIpc) is 3.57. The van der Waals surface area contributed by atoms with Crippen LogP contribution < -0.4 is 24.8 Å². The Balaban J connectivity index is 1.22. The predicted octanol–water partition coefficient (Wildman–Crippen LogP) is 5.74. The van der Waals surface area contributed by atoms with Crippen LogP contribution in [0.1, 0.15) is 25.7 Å². The first kappa shape index (κ1) is 27.7. The Kier molecular flexibility index (Phi) is 8.04. The van der Waals surface area contributed by atoms with Gasteiger partial charge >= 0.3 is 0 Å². The van der Waals surface area contributed by atoms with Crippen molar-refractivity contribution < 1.29 is 23.4 Å². The first-order valence-corrected chi connectivity index (χ1v) is 14.6. The Morgan fingerprint density at radius 1 is 1.07 bits per heavy atom. The van der Waals surface area contributed by atoms with Crippen molar-refractivity contribution in [3.63, 3.8) is 0 Å². The zero-order valence-corrected chi connectivity index (χ0v) is 24.2. The van der Waals surface area contributed by atoms with Gasteiger partial charge in [-0.1, -0.05) is 11.3 Å². The minimum atomic E-state index is -0.517. The molecule has 1 aliphatic heterocycles. The lowest BCUT2D eigenvalue weighted by Gasteiger charge is -2.16. The van der Waals surface area contributed by atoms with Crippen LogP contribution in [-0.4, -0.2) is 65.7 Å². The molecule has 0 bridgehead atoms. The molecule has 4 aromatic rings. The minimum absolute atomic E-state index is 0.116. The lowest BCUT2D eigenvalue weighted by Crippen LogP contribution is -2.29. The standard InChI is InChI=1S/C30H31FN6O4S/c1-39-21-14-18(15-22(17-21)40-2)27-28(42-30(36-27)34-19-5-6-19)24-9-10-32-29(35-24)33-20-7-8-25(23(31)16-20)41-13-12-37-11-3-4-26(37)38/h7-10,14-17,19H,3-6,11-13H2,1-2H3,(H,34,36)(H,32,33,35). The number of amides is 1. The summed E-state index contributed by atoms with van der Waals surface area (Å²) in [5.41, 5.74) is 2.72. The normalized spacial score (nSPS) is 14.6. The second kappa shape index (κ2) is 12.2. The third kappa shape index (κ3) is 6.38. The van der Waals surface area contributed by atoms with E-state index in [9.17, 15) is 9.18 Å². The summed E-state index contributed by atoms with van der Waals surface area (Å²) >= 11 is 1.52. The van der Waals surface area contributed by atoms with E-state index in [4.69, 9.17) is 24.2 Å². The molecule has 12 heteroatoms. The number of carbonyl (C=O) groups is 1. The summed E-state index contributed by atoms with van der Waals surface area (Å²) < 4.78 is 31.4. The maximum absolute atomic E-state index is 14.8. The van der Waals surface area contributed by atoms with Crippen molar-refractivity contribution in [1.82, 2.24) is 19.9 Å². The van der Waals surface area contributed by atoms with Crippen LogP contribution in [0.15, 0.2) is 48.7 Å². The van der Waals surface area contributed by atoms with Crippen molar-refractivity contribution >= 4 is 34.0 Å². The van der Waals surface area contributed by atoms with Crippen LogP contribution in [0.2, 0.25) is 0 Å². The van der Waals surface area contributed by atoms with Crippen molar-refractivity contribution in [2.24, 2.45) is 0 Å². The lowest BCUT2D eigenvalue weighted by atomic mass is 10.1. The maximum Gasteiger partial charge on any atom is 0.227 e. The Labute approximate surface area is 246 Å². The van der Waals surface area contributed by atoms with Gasteiger partial charge in [-0.05, 0) is 49.6 Å². The van der Waals surface area contributed by atoms with Crippen LogP contribution in [0.3, 0.4) is 0 Å². The number of nitrogens with zero attached hydrogens (tertiary/aromatic N) is 4. The molecular weight excluding hydrogens is 559 g/mol. The van der Waals surface area contributed by atoms with Gasteiger partial charge in [-0.2, -0.15) is 0 Å². The van der Waals surface area contributed by atoms with E-state index in [0.717, 1.165) is 47.1 Å². The van der Waals surface area contributed by atoms with E-state index in [1.54, 1.807) is 37.4 Å². The highest BCUT2D eigenvalue weighted by Crippen LogP contribution is 2.42. The second-order valence-electron chi connectivity index (χ2n) is 10.1. The van der Waals surface area contributed by atoms with Crippen molar-refractivity contribution in [2.45, 2.75) is 31.7 Å². The molecule has 0 unspecified atom stereocenters. The summed E-state index contributed by atoms with van der Waals surface area (Å²) in [6.07, 6.45) is 5.32. The molecular formula is C30H31FN6O4S. The summed E-state index contributed by atoms with van der Waals surface area (Å²) in [7, 11) is 3.22. The Morgan fingerprint density at radius 2 is 1.88 bits per heavy atom. The highest BCUT2D eigenvalue weighted by molar-refractivity contribution is 7.19. The molecule has 2 aliphatic rings. The van der Waals surface area contributed by atoms with E-state index in [2.05, 4.69) is 15.6 Å². The van der Waals surface area contributed by atoms with Gasteiger partial charge in [0.25, 0.3) is 0 Å². The minimum Gasteiger partial charge on any atom is -0.497 e. The van der Waals surface area contributed by atoms with Gasteiger partial charge in [0.2, 0.25) is 11.9 Å². The largest absolute Gasteiger partial charge is 0.497 e. The van der Waals surface area contributed by atoms with Crippen LogP contribution in [0, 0.1) is 5.82 Å². The van der Waals surface area contributed by atoms with Crippen LogP contribution in [0.5, 0.6) is 17.2 Å². The van der Waals surface area contributed by atoms with E-state index in [-0.39, 0.29) is 18.3 Å². The molecule has 1 saturated carbocycles. The number of benzene rings is 2. The van der Waals surface area contributed by atoms with E-state index in [1.165, 1.54) is 17.4 Å². The third-order valence-corrected chi connectivity index (χ3v) is 8.03. The maximum atomic E-state index is 14.8. The number of carbonyl (C=O) groups excluding carboxylic acids is 1. The van der Waals surface area contributed by atoms with E-state index in [0.29, 0.717) is 47.8 Å². The number of methoxy groups -OCH3 is 2. The van der Waals surface area contributed by atoms with Gasteiger partial charge < -0.3 is 29.7 Å². The SMILES string of the molecule is COc1cc(OC)cc(-c2nc(NC3CC3)sc2-c2ccnc(Nc3ccc(OCCN4CCCC4=O)c(F)c3)n2)c1. The van der Waals surface area contributed by atoms with Crippen LogP contribution in [0.4, 0.5) is 21.2 Å². The summed E-state index contributed by atoms with van der Waals surface area (Å²) in [5, 5.41) is 7.39. The van der Waals surface area contributed by atoms with Crippen molar-refractivity contribution in [1.29, 1.82) is 0 Å². The fourth-order valence-corrected chi connectivity index (χ4v) is 5.71. The third-order valence-electron chi connectivity index (χ3n) is 7.02. The molecule has 2 fully saturated rings. The second-order valence-corrected chi connectivity index (χ2v) is 11.1.